The highest BCUT2D eigenvalue weighted by atomic mass is 35.5. The van der Waals surface area contributed by atoms with Gasteiger partial charge in [-0.05, 0) is 47.5 Å². The van der Waals surface area contributed by atoms with E-state index in [4.69, 9.17) is 21.1 Å². The first kappa shape index (κ1) is 20.3. The van der Waals surface area contributed by atoms with Gasteiger partial charge in [0.25, 0.3) is 0 Å². The highest BCUT2D eigenvalue weighted by Crippen LogP contribution is 2.42. The average Bonchev–Trinajstić information content (AvgIpc) is 3.19. The van der Waals surface area contributed by atoms with E-state index in [1.807, 2.05) is 78.9 Å². The minimum Gasteiger partial charge on any atom is -0.489 e. The number of para-hydroxylation sites is 1. The number of halogens is 1. The van der Waals surface area contributed by atoms with E-state index >= 15 is 0 Å². The molecule has 2 aliphatic heterocycles. The smallest absolute Gasteiger partial charge is 0.336 e. The van der Waals surface area contributed by atoms with Crippen LogP contribution in [0.1, 0.15) is 23.5 Å². The summed E-state index contributed by atoms with van der Waals surface area (Å²) in [6.45, 7) is 0.502. The molecule has 160 valence electrons. The molecular weight excluding hydrogens is 426 g/mol. The van der Waals surface area contributed by atoms with Crippen molar-refractivity contribution < 1.29 is 19.1 Å². The van der Waals surface area contributed by atoms with Crippen molar-refractivity contribution in [1.82, 2.24) is 0 Å². The van der Waals surface area contributed by atoms with Crippen LogP contribution >= 0.6 is 11.6 Å². The van der Waals surface area contributed by atoms with Crippen LogP contribution in [0.5, 0.6) is 5.75 Å². The second-order valence-corrected chi connectivity index (χ2v) is 8.18. The van der Waals surface area contributed by atoms with Crippen molar-refractivity contribution in [2.45, 2.75) is 18.9 Å². The minimum absolute atomic E-state index is 0.0560. The number of hydrogen-bond acceptors (Lipinski definition) is 4. The fourth-order valence-electron chi connectivity index (χ4n) is 4.21. The molecule has 0 fully saturated rings. The molecule has 32 heavy (non-hydrogen) atoms. The lowest BCUT2D eigenvalue weighted by molar-refractivity contribution is -0.136. The van der Waals surface area contributed by atoms with E-state index in [0.717, 1.165) is 16.8 Å². The lowest BCUT2D eigenvalue weighted by Crippen LogP contribution is -2.37. The normalized spacial score (nSPS) is 17.9. The van der Waals surface area contributed by atoms with Gasteiger partial charge in [0.05, 0.1) is 11.3 Å². The Morgan fingerprint density at radius 2 is 1.75 bits per heavy atom. The molecule has 0 bridgehead atoms. The van der Waals surface area contributed by atoms with Gasteiger partial charge in [-0.1, -0.05) is 54.1 Å². The number of cyclic esters (lactones) is 1. The Bertz CT molecular complexity index is 1200. The van der Waals surface area contributed by atoms with Crippen molar-refractivity contribution in [3.05, 3.63) is 106 Å². The molecule has 3 aromatic carbocycles. The highest BCUT2D eigenvalue weighted by Gasteiger charge is 2.42. The summed E-state index contributed by atoms with van der Waals surface area (Å²) < 4.78 is 11.2. The standard InChI is InChI=1S/C26H20ClNO4/c27-19-6-4-5-17(13-19)15-31-21-11-9-18(10-12-21)22-14-24(29)28(20-7-2-1-3-8-20)23-16-32-26(30)25(22)23/h1-13,22H,14-16H2. The maximum absolute atomic E-state index is 13.1. The highest BCUT2D eigenvalue weighted by molar-refractivity contribution is 6.30. The van der Waals surface area contributed by atoms with Gasteiger partial charge in [0.2, 0.25) is 5.91 Å². The van der Waals surface area contributed by atoms with E-state index in [-0.39, 0.29) is 30.8 Å². The molecule has 5 rings (SSSR count). The second kappa shape index (κ2) is 8.52. The molecule has 3 aromatic rings. The van der Waals surface area contributed by atoms with Crippen molar-refractivity contribution in [2.75, 3.05) is 11.5 Å². The number of hydrogen-bond donors (Lipinski definition) is 0. The van der Waals surface area contributed by atoms with Gasteiger partial charge in [-0.15, -0.1) is 0 Å². The molecule has 1 unspecified atom stereocenters. The van der Waals surface area contributed by atoms with Crippen LogP contribution in [0.15, 0.2) is 90.1 Å². The number of esters is 1. The lowest BCUT2D eigenvalue weighted by Gasteiger charge is -2.31. The number of amides is 1. The van der Waals surface area contributed by atoms with Crippen LogP contribution in [-0.4, -0.2) is 18.5 Å². The summed E-state index contributed by atoms with van der Waals surface area (Å²) in [5, 5.41) is 0.667. The molecule has 2 heterocycles. The Kier molecular flexibility index (Phi) is 5.41. The van der Waals surface area contributed by atoms with E-state index in [2.05, 4.69) is 0 Å². The molecule has 1 atom stereocenters. The van der Waals surface area contributed by atoms with Crippen molar-refractivity contribution in [2.24, 2.45) is 0 Å². The van der Waals surface area contributed by atoms with Gasteiger partial charge in [-0.2, -0.15) is 0 Å². The number of ether oxygens (including phenoxy) is 2. The number of benzene rings is 3. The molecule has 5 nitrogen and oxygen atoms in total. The molecule has 0 aromatic heterocycles. The van der Waals surface area contributed by atoms with E-state index < -0.39 is 0 Å². The first-order chi connectivity index (χ1) is 15.6. The lowest BCUT2D eigenvalue weighted by atomic mass is 9.84. The zero-order valence-electron chi connectivity index (χ0n) is 17.2. The van der Waals surface area contributed by atoms with Crippen molar-refractivity contribution in [1.29, 1.82) is 0 Å². The van der Waals surface area contributed by atoms with Gasteiger partial charge >= 0.3 is 5.97 Å². The summed E-state index contributed by atoms with van der Waals surface area (Å²) in [6, 6.07) is 24.4. The topological polar surface area (TPSA) is 55.8 Å². The third-order valence-corrected chi connectivity index (χ3v) is 5.94. The maximum Gasteiger partial charge on any atom is 0.336 e. The Hall–Kier alpha value is -3.57. The average molecular weight is 446 g/mol. The first-order valence-electron chi connectivity index (χ1n) is 10.4. The number of rotatable bonds is 5. The zero-order valence-corrected chi connectivity index (χ0v) is 17.9. The van der Waals surface area contributed by atoms with Gasteiger partial charge in [-0.3, -0.25) is 9.69 Å². The summed E-state index contributed by atoms with van der Waals surface area (Å²) in [6.07, 6.45) is 0.200. The van der Waals surface area contributed by atoms with Gasteiger partial charge < -0.3 is 9.47 Å². The third-order valence-electron chi connectivity index (χ3n) is 5.71. The summed E-state index contributed by atoms with van der Waals surface area (Å²) in [5.74, 6) is -0.0568. The molecule has 1 amide bonds. The van der Waals surface area contributed by atoms with Crippen LogP contribution in [0.4, 0.5) is 5.69 Å². The third kappa shape index (κ3) is 3.87. The largest absolute Gasteiger partial charge is 0.489 e. The summed E-state index contributed by atoms with van der Waals surface area (Å²) in [4.78, 5) is 27.3. The molecule has 0 saturated heterocycles. The Morgan fingerprint density at radius 3 is 2.50 bits per heavy atom. The number of carbonyl (C=O) groups excluding carboxylic acids is 2. The number of carbonyl (C=O) groups is 2. The van der Waals surface area contributed by atoms with Gasteiger partial charge in [0, 0.05) is 23.0 Å². The summed E-state index contributed by atoms with van der Waals surface area (Å²) >= 11 is 6.02. The Balaban J connectivity index is 1.39. The van der Waals surface area contributed by atoms with Crippen LogP contribution in [0.2, 0.25) is 5.02 Å². The number of anilines is 1. The first-order valence-corrected chi connectivity index (χ1v) is 10.7. The maximum atomic E-state index is 13.1. The van der Waals surface area contributed by atoms with Gasteiger partial charge in [0.1, 0.15) is 19.0 Å². The van der Waals surface area contributed by atoms with E-state index in [0.29, 0.717) is 28.6 Å². The Morgan fingerprint density at radius 1 is 0.969 bits per heavy atom. The molecule has 2 aliphatic rings. The molecule has 0 saturated carbocycles. The summed E-state index contributed by atoms with van der Waals surface area (Å²) in [5.41, 5.74) is 3.78. The molecule has 0 aliphatic carbocycles. The van der Waals surface area contributed by atoms with Crippen LogP contribution in [0.3, 0.4) is 0 Å². The van der Waals surface area contributed by atoms with Crippen molar-refractivity contribution in [3.8, 4) is 5.75 Å². The fraction of sp³-hybridized carbons (Fsp3) is 0.154. The van der Waals surface area contributed by atoms with Crippen LogP contribution in [0.25, 0.3) is 0 Å². The quantitative estimate of drug-likeness (QED) is 0.503. The predicted octanol–water partition coefficient (Wildman–Crippen LogP) is 5.25. The SMILES string of the molecule is O=C1OCC2=C1C(c1ccc(OCc3cccc(Cl)c3)cc1)CC(=O)N2c1ccccc1. The molecule has 6 heteroatoms. The molecular formula is C26H20ClNO4. The fourth-order valence-corrected chi connectivity index (χ4v) is 4.42. The van der Waals surface area contributed by atoms with E-state index in [1.165, 1.54) is 0 Å². The minimum atomic E-state index is -0.361. The van der Waals surface area contributed by atoms with Crippen molar-refractivity contribution >= 4 is 29.2 Å². The number of nitrogens with zero attached hydrogens (tertiary/aromatic N) is 1. The Labute approximate surface area is 190 Å². The van der Waals surface area contributed by atoms with Crippen molar-refractivity contribution in [3.63, 3.8) is 0 Å². The van der Waals surface area contributed by atoms with Crippen LogP contribution in [0, 0.1) is 0 Å². The molecule has 0 radical (unpaired) electrons. The van der Waals surface area contributed by atoms with E-state index in [1.54, 1.807) is 4.90 Å². The molecule has 0 N–H and O–H groups in total. The van der Waals surface area contributed by atoms with Gasteiger partial charge in [-0.25, -0.2) is 4.79 Å². The van der Waals surface area contributed by atoms with Crippen LogP contribution < -0.4 is 9.64 Å². The predicted molar refractivity (Wildman–Crippen MR) is 121 cm³/mol. The van der Waals surface area contributed by atoms with Gasteiger partial charge in [0.15, 0.2) is 0 Å². The zero-order chi connectivity index (χ0) is 22.1. The summed E-state index contributed by atoms with van der Waals surface area (Å²) in [7, 11) is 0. The van der Waals surface area contributed by atoms with Crippen LogP contribution in [-0.2, 0) is 20.9 Å². The molecule has 0 spiro atoms. The van der Waals surface area contributed by atoms with E-state index in [9.17, 15) is 9.59 Å². The second-order valence-electron chi connectivity index (χ2n) is 7.75. The monoisotopic (exact) mass is 445 g/mol.